The highest BCUT2D eigenvalue weighted by atomic mass is 32.1. The van der Waals surface area contributed by atoms with Crippen LogP contribution in [-0.4, -0.2) is 72.3 Å². The average molecular weight is 377 g/mol. The first-order valence-corrected chi connectivity index (χ1v) is 9.82. The first kappa shape index (κ1) is 18.8. The first-order valence-electron chi connectivity index (χ1n) is 9.01. The van der Waals surface area contributed by atoms with E-state index in [9.17, 15) is 14.0 Å². The molecule has 2 heterocycles. The van der Waals surface area contributed by atoms with Crippen molar-refractivity contribution in [1.29, 1.82) is 0 Å². The Kier molecular flexibility index (Phi) is 5.88. The Bertz CT molecular complexity index is 795. The van der Waals surface area contributed by atoms with E-state index in [-0.39, 0.29) is 17.6 Å². The van der Waals surface area contributed by atoms with Gasteiger partial charge in [0.15, 0.2) is 0 Å². The summed E-state index contributed by atoms with van der Waals surface area (Å²) in [5, 5.41) is 0.504. The SMILES string of the molecule is CCN(CC)C(=O)CN1CCN(C(=O)c2cc3c(F)cccc3s2)CC1. The van der Waals surface area contributed by atoms with Crippen LogP contribution in [-0.2, 0) is 4.79 Å². The van der Waals surface area contributed by atoms with Crippen molar-refractivity contribution in [2.75, 3.05) is 45.8 Å². The molecule has 5 nitrogen and oxygen atoms in total. The monoisotopic (exact) mass is 377 g/mol. The van der Waals surface area contributed by atoms with Crippen LogP contribution in [0.25, 0.3) is 10.1 Å². The smallest absolute Gasteiger partial charge is 0.264 e. The van der Waals surface area contributed by atoms with E-state index in [0.717, 1.165) is 17.8 Å². The van der Waals surface area contributed by atoms with Crippen molar-refractivity contribution in [3.05, 3.63) is 35.0 Å². The molecule has 7 heteroatoms. The number of hydrogen-bond donors (Lipinski definition) is 0. The van der Waals surface area contributed by atoms with Crippen molar-refractivity contribution in [2.24, 2.45) is 0 Å². The van der Waals surface area contributed by atoms with Gasteiger partial charge in [0, 0.05) is 49.4 Å². The Morgan fingerprint density at radius 1 is 1.15 bits per heavy atom. The molecule has 0 aliphatic carbocycles. The number of hydrogen-bond acceptors (Lipinski definition) is 4. The number of benzene rings is 1. The number of rotatable bonds is 5. The van der Waals surface area contributed by atoms with Crippen molar-refractivity contribution in [2.45, 2.75) is 13.8 Å². The van der Waals surface area contributed by atoms with Crippen molar-refractivity contribution in [1.82, 2.24) is 14.7 Å². The standard InChI is InChI=1S/C19H24FN3O2S/c1-3-22(4-2)18(24)13-21-8-10-23(11-9-21)19(25)17-12-14-15(20)6-5-7-16(14)26-17/h5-7,12H,3-4,8-11,13H2,1-2H3. The molecule has 1 aromatic carbocycles. The van der Waals surface area contributed by atoms with Crippen LogP contribution in [0.5, 0.6) is 0 Å². The molecule has 1 aliphatic rings. The minimum absolute atomic E-state index is 0.0553. The lowest BCUT2D eigenvalue weighted by atomic mass is 10.2. The molecule has 0 atom stereocenters. The maximum absolute atomic E-state index is 13.8. The maximum Gasteiger partial charge on any atom is 0.264 e. The summed E-state index contributed by atoms with van der Waals surface area (Å²) in [4.78, 5) is 31.2. The number of carbonyl (C=O) groups is 2. The van der Waals surface area contributed by atoms with Crippen LogP contribution < -0.4 is 0 Å². The van der Waals surface area contributed by atoms with E-state index in [2.05, 4.69) is 4.90 Å². The fraction of sp³-hybridized carbons (Fsp3) is 0.474. The lowest BCUT2D eigenvalue weighted by molar-refractivity contribution is -0.132. The van der Waals surface area contributed by atoms with Gasteiger partial charge < -0.3 is 9.80 Å². The minimum atomic E-state index is -0.294. The highest BCUT2D eigenvalue weighted by Gasteiger charge is 2.25. The van der Waals surface area contributed by atoms with Gasteiger partial charge in [0.1, 0.15) is 5.82 Å². The molecule has 1 aromatic heterocycles. The Morgan fingerprint density at radius 3 is 2.46 bits per heavy atom. The van der Waals surface area contributed by atoms with Gasteiger partial charge >= 0.3 is 0 Å². The topological polar surface area (TPSA) is 43.9 Å². The Morgan fingerprint density at radius 2 is 1.85 bits per heavy atom. The van der Waals surface area contributed by atoms with Crippen LogP contribution in [0.15, 0.2) is 24.3 Å². The summed E-state index contributed by atoms with van der Waals surface area (Å²) in [5.74, 6) is -0.215. The number of halogens is 1. The third kappa shape index (κ3) is 3.88. The van der Waals surface area contributed by atoms with E-state index in [1.807, 2.05) is 24.8 Å². The molecule has 0 unspecified atom stereocenters. The fourth-order valence-corrected chi connectivity index (χ4v) is 4.31. The number of likely N-dealkylation sites (N-methyl/N-ethyl adjacent to an activating group) is 1. The highest BCUT2D eigenvalue weighted by Crippen LogP contribution is 2.28. The van der Waals surface area contributed by atoms with Gasteiger partial charge in [-0.1, -0.05) is 6.07 Å². The third-order valence-corrected chi connectivity index (χ3v) is 5.94. The van der Waals surface area contributed by atoms with E-state index in [0.29, 0.717) is 43.0 Å². The second kappa shape index (κ2) is 8.14. The van der Waals surface area contributed by atoms with Crippen LogP contribution in [0.2, 0.25) is 0 Å². The molecular formula is C19H24FN3O2S. The molecule has 140 valence electrons. The minimum Gasteiger partial charge on any atom is -0.342 e. The van der Waals surface area contributed by atoms with E-state index < -0.39 is 0 Å². The maximum atomic E-state index is 13.8. The zero-order chi connectivity index (χ0) is 18.7. The summed E-state index contributed by atoms with van der Waals surface area (Å²) >= 11 is 1.33. The summed E-state index contributed by atoms with van der Waals surface area (Å²) in [6, 6.07) is 6.55. The van der Waals surface area contributed by atoms with Crippen LogP contribution >= 0.6 is 11.3 Å². The molecule has 0 bridgehead atoms. The molecule has 2 amide bonds. The van der Waals surface area contributed by atoms with Crippen molar-refractivity contribution >= 4 is 33.2 Å². The summed E-state index contributed by atoms with van der Waals surface area (Å²) in [6.45, 7) is 8.32. The number of amides is 2. The number of fused-ring (bicyclic) bond motifs is 1. The van der Waals surface area contributed by atoms with Crippen LogP contribution in [0.3, 0.4) is 0 Å². The summed E-state index contributed by atoms with van der Waals surface area (Å²) in [5.41, 5.74) is 0. The highest BCUT2D eigenvalue weighted by molar-refractivity contribution is 7.20. The van der Waals surface area contributed by atoms with Crippen molar-refractivity contribution in [3.8, 4) is 0 Å². The summed E-state index contributed by atoms with van der Waals surface area (Å²) in [7, 11) is 0. The second-order valence-electron chi connectivity index (χ2n) is 6.40. The Labute approximate surface area is 157 Å². The lowest BCUT2D eigenvalue weighted by Crippen LogP contribution is -2.51. The molecule has 3 rings (SSSR count). The van der Waals surface area contributed by atoms with Crippen molar-refractivity contribution in [3.63, 3.8) is 0 Å². The number of piperazine rings is 1. The molecule has 1 aliphatic heterocycles. The van der Waals surface area contributed by atoms with Crippen LogP contribution in [0, 0.1) is 5.82 Å². The summed E-state index contributed by atoms with van der Waals surface area (Å²) < 4.78 is 14.6. The zero-order valence-electron chi connectivity index (χ0n) is 15.2. The molecule has 0 saturated carbocycles. The molecule has 1 saturated heterocycles. The predicted octanol–water partition coefficient (Wildman–Crippen LogP) is 2.67. The normalized spacial score (nSPS) is 15.4. The largest absolute Gasteiger partial charge is 0.342 e. The summed E-state index contributed by atoms with van der Waals surface area (Å²) in [6.07, 6.45) is 0. The fourth-order valence-electron chi connectivity index (χ4n) is 3.26. The van der Waals surface area contributed by atoms with Gasteiger partial charge in [-0.15, -0.1) is 11.3 Å². The van der Waals surface area contributed by atoms with E-state index in [1.54, 1.807) is 17.0 Å². The lowest BCUT2D eigenvalue weighted by Gasteiger charge is -2.35. The zero-order valence-corrected chi connectivity index (χ0v) is 16.0. The first-order chi connectivity index (χ1) is 12.5. The molecule has 1 fully saturated rings. The molecule has 0 radical (unpaired) electrons. The Hall–Kier alpha value is -1.99. The number of carbonyl (C=O) groups excluding carboxylic acids is 2. The quantitative estimate of drug-likeness (QED) is 0.805. The van der Waals surface area contributed by atoms with Gasteiger partial charge in [0.05, 0.1) is 11.4 Å². The predicted molar refractivity (Wildman–Crippen MR) is 102 cm³/mol. The third-order valence-electron chi connectivity index (χ3n) is 4.85. The van der Waals surface area contributed by atoms with Gasteiger partial charge in [-0.25, -0.2) is 4.39 Å². The molecular weight excluding hydrogens is 353 g/mol. The molecule has 26 heavy (non-hydrogen) atoms. The molecule has 0 spiro atoms. The van der Waals surface area contributed by atoms with E-state index >= 15 is 0 Å². The van der Waals surface area contributed by atoms with Gasteiger partial charge in [-0.05, 0) is 32.0 Å². The van der Waals surface area contributed by atoms with Crippen LogP contribution in [0.4, 0.5) is 4.39 Å². The van der Waals surface area contributed by atoms with Gasteiger partial charge in [0.2, 0.25) is 5.91 Å². The van der Waals surface area contributed by atoms with E-state index in [4.69, 9.17) is 0 Å². The van der Waals surface area contributed by atoms with Crippen LogP contribution in [0.1, 0.15) is 23.5 Å². The van der Waals surface area contributed by atoms with Gasteiger partial charge in [-0.2, -0.15) is 0 Å². The number of nitrogens with zero attached hydrogens (tertiary/aromatic N) is 3. The second-order valence-corrected chi connectivity index (χ2v) is 7.48. The van der Waals surface area contributed by atoms with Gasteiger partial charge in [-0.3, -0.25) is 14.5 Å². The average Bonchev–Trinajstić information content (AvgIpc) is 3.08. The van der Waals surface area contributed by atoms with Gasteiger partial charge in [0.25, 0.3) is 5.91 Å². The Balaban J connectivity index is 1.59. The van der Waals surface area contributed by atoms with Crippen molar-refractivity contribution < 1.29 is 14.0 Å². The number of thiophene rings is 1. The molecule has 2 aromatic rings. The van der Waals surface area contributed by atoms with E-state index in [1.165, 1.54) is 17.4 Å². The molecule has 0 N–H and O–H groups in total.